The molecule has 1 rings (SSSR count). The van der Waals surface area contributed by atoms with Gasteiger partial charge in [0.2, 0.25) is 5.91 Å². The van der Waals surface area contributed by atoms with Crippen molar-refractivity contribution >= 4 is 11.8 Å². The summed E-state index contributed by atoms with van der Waals surface area (Å²) < 4.78 is 0. The molecule has 0 saturated heterocycles. The lowest BCUT2D eigenvalue weighted by Crippen LogP contribution is -2.38. The van der Waals surface area contributed by atoms with Crippen molar-refractivity contribution in [3.05, 3.63) is 24.0 Å². The minimum Gasteiger partial charge on any atom is -0.505 e. The quantitative estimate of drug-likeness (QED) is 0.770. The van der Waals surface area contributed by atoms with Crippen LogP contribution in [0.25, 0.3) is 0 Å². The van der Waals surface area contributed by atoms with Crippen LogP contribution < -0.4 is 5.32 Å². The summed E-state index contributed by atoms with van der Waals surface area (Å²) in [5.41, 5.74) is -0.130. The first kappa shape index (κ1) is 14.4. The summed E-state index contributed by atoms with van der Waals surface area (Å²) in [5.74, 6) is -1.19. The number of nitriles is 1. The van der Waals surface area contributed by atoms with Crippen LogP contribution >= 0.6 is 0 Å². The first-order valence-corrected chi connectivity index (χ1v) is 5.59. The van der Waals surface area contributed by atoms with E-state index in [1.54, 1.807) is 7.05 Å². The van der Waals surface area contributed by atoms with Crippen molar-refractivity contribution in [3.63, 3.8) is 0 Å². The number of aromatic nitrogens is 1. The number of carbonyl (C=O) groups excluding carboxylic acids is 2. The second kappa shape index (κ2) is 6.96. The predicted molar refractivity (Wildman–Crippen MR) is 66.1 cm³/mol. The molecule has 0 atom stereocenters. The monoisotopic (exact) mass is 262 g/mol. The Morgan fingerprint density at radius 3 is 2.95 bits per heavy atom. The topological polar surface area (TPSA) is 106 Å². The van der Waals surface area contributed by atoms with Gasteiger partial charge in [0.25, 0.3) is 5.91 Å². The second-order valence-corrected chi connectivity index (χ2v) is 3.78. The fourth-order valence-electron chi connectivity index (χ4n) is 1.29. The summed E-state index contributed by atoms with van der Waals surface area (Å²) in [4.78, 5) is 28.3. The first-order chi connectivity index (χ1) is 9.06. The fourth-order valence-corrected chi connectivity index (χ4v) is 1.29. The van der Waals surface area contributed by atoms with Crippen molar-refractivity contribution in [1.82, 2.24) is 15.2 Å². The molecule has 0 aliphatic carbocycles. The molecule has 100 valence electrons. The maximum atomic E-state index is 11.6. The average molecular weight is 262 g/mol. The van der Waals surface area contributed by atoms with Crippen molar-refractivity contribution in [2.45, 2.75) is 6.42 Å². The lowest BCUT2D eigenvalue weighted by molar-refractivity contribution is -0.128. The standard InChI is InChI=1S/C12H14N4O3/c1-16(7-3-5-13)10(18)8-15-12(19)11-9(17)4-2-6-14-11/h2,4,6,17H,3,7-8H2,1H3,(H,15,19). The number of amides is 2. The van der Waals surface area contributed by atoms with E-state index in [1.807, 2.05) is 6.07 Å². The number of hydrogen-bond donors (Lipinski definition) is 2. The number of hydrogen-bond acceptors (Lipinski definition) is 5. The summed E-state index contributed by atoms with van der Waals surface area (Å²) in [7, 11) is 1.55. The molecule has 1 aromatic heterocycles. The second-order valence-electron chi connectivity index (χ2n) is 3.78. The summed E-state index contributed by atoms with van der Waals surface area (Å²) in [6, 6.07) is 4.76. The predicted octanol–water partition coefficient (Wildman–Crippen LogP) is -0.111. The van der Waals surface area contributed by atoms with Crippen molar-refractivity contribution in [3.8, 4) is 11.8 Å². The smallest absolute Gasteiger partial charge is 0.274 e. The van der Waals surface area contributed by atoms with Crippen LogP contribution in [0.3, 0.4) is 0 Å². The SMILES string of the molecule is CN(CCC#N)C(=O)CNC(=O)c1ncccc1O. The number of rotatable bonds is 5. The van der Waals surface area contributed by atoms with E-state index >= 15 is 0 Å². The lowest BCUT2D eigenvalue weighted by atomic mass is 10.3. The summed E-state index contributed by atoms with van der Waals surface area (Å²) in [5, 5.41) is 20.2. The van der Waals surface area contributed by atoms with E-state index < -0.39 is 5.91 Å². The van der Waals surface area contributed by atoms with Crippen LogP contribution in [0.4, 0.5) is 0 Å². The molecule has 2 N–H and O–H groups in total. The van der Waals surface area contributed by atoms with Gasteiger partial charge in [-0.3, -0.25) is 9.59 Å². The van der Waals surface area contributed by atoms with Gasteiger partial charge in [0.15, 0.2) is 5.69 Å². The summed E-state index contributed by atoms with van der Waals surface area (Å²) in [6.45, 7) is 0.0941. The third-order valence-corrected chi connectivity index (χ3v) is 2.39. The molecule has 0 fully saturated rings. The summed E-state index contributed by atoms with van der Waals surface area (Å²) in [6.07, 6.45) is 1.60. The minimum atomic E-state index is -0.625. The van der Waals surface area contributed by atoms with Gasteiger partial charge in [-0.05, 0) is 12.1 Å². The Balaban J connectivity index is 2.49. The van der Waals surface area contributed by atoms with Crippen molar-refractivity contribution in [2.75, 3.05) is 20.1 Å². The Kier molecular flexibility index (Phi) is 5.29. The van der Waals surface area contributed by atoms with E-state index in [1.165, 1.54) is 23.2 Å². The molecule has 0 saturated carbocycles. The molecule has 0 unspecified atom stereocenters. The Morgan fingerprint density at radius 2 is 2.32 bits per heavy atom. The molecule has 7 heteroatoms. The normalized spacial score (nSPS) is 9.47. The molecule has 0 radical (unpaired) electrons. The van der Waals surface area contributed by atoms with E-state index in [9.17, 15) is 14.7 Å². The van der Waals surface area contributed by atoms with E-state index in [2.05, 4.69) is 10.3 Å². The van der Waals surface area contributed by atoms with Gasteiger partial charge in [0, 0.05) is 19.8 Å². The largest absolute Gasteiger partial charge is 0.505 e. The highest BCUT2D eigenvalue weighted by Gasteiger charge is 2.14. The molecular weight excluding hydrogens is 248 g/mol. The van der Waals surface area contributed by atoms with Crippen molar-refractivity contribution < 1.29 is 14.7 Å². The van der Waals surface area contributed by atoms with Gasteiger partial charge in [-0.25, -0.2) is 4.98 Å². The van der Waals surface area contributed by atoms with Crippen LogP contribution in [0.15, 0.2) is 18.3 Å². The van der Waals surface area contributed by atoms with E-state index in [4.69, 9.17) is 5.26 Å². The number of nitrogens with zero attached hydrogens (tertiary/aromatic N) is 3. The Morgan fingerprint density at radius 1 is 1.58 bits per heavy atom. The highest BCUT2D eigenvalue weighted by molar-refractivity contribution is 5.96. The molecule has 19 heavy (non-hydrogen) atoms. The summed E-state index contributed by atoms with van der Waals surface area (Å²) >= 11 is 0. The third kappa shape index (κ3) is 4.27. The lowest BCUT2D eigenvalue weighted by Gasteiger charge is -2.15. The van der Waals surface area contributed by atoms with Crippen LogP contribution in [0.2, 0.25) is 0 Å². The fraction of sp³-hybridized carbons (Fsp3) is 0.333. The zero-order chi connectivity index (χ0) is 14.3. The molecule has 0 aromatic carbocycles. The van der Waals surface area contributed by atoms with Gasteiger partial charge < -0.3 is 15.3 Å². The zero-order valence-electron chi connectivity index (χ0n) is 10.5. The van der Waals surface area contributed by atoms with Crippen LogP contribution in [0.5, 0.6) is 5.75 Å². The van der Waals surface area contributed by atoms with Gasteiger partial charge in [0.05, 0.1) is 19.0 Å². The molecule has 7 nitrogen and oxygen atoms in total. The number of nitrogens with one attached hydrogen (secondary N) is 1. The van der Waals surface area contributed by atoms with Crippen LogP contribution in [-0.2, 0) is 4.79 Å². The zero-order valence-corrected chi connectivity index (χ0v) is 10.5. The Bertz CT molecular complexity index is 510. The highest BCUT2D eigenvalue weighted by atomic mass is 16.3. The van der Waals surface area contributed by atoms with Crippen molar-refractivity contribution in [2.24, 2.45) is 0 Å². The van der Waals surface area contributed by atoms with Gasteiger partial charge >= 0.3 is 0 Å². The van der Waals surface area contributed by atoms with Crippen molar-refractivity contribution in [1.29, 1.82) is 5.26 Å². The van der Waals surface area contributed by atoms with Gasteiger partial charge in [-0.1, -0.05) is 0 Å². The van der Waals surface area contributed by atoms with E-state index in [0.717, 1.165) is 0 Å². The number of carbonyl (C=O) groups is 2. The molecule has 1 aromatic rings. The molecule has 0 aliphatic rings. The van der Waals surface area contributed by atoms with Crippen LogP contribution in [0.1, 0.15) is 16.9 Å². The van der Waals surface area contributed by atoms with Crippen LogP contribution in [0, 0.1) is 11.3 Å². The molecule has 0 bridgehead atoms. The third-order valence-electron chi connectivity index (χ3n) is 2.39. The average Bonchev–Trinajstić information content (AvgIpc) is 2.42. The minimum absolute atomic E-state index is 0.130. The number of pyridine rings is 1. The van der Waals surface area contributed by atoms with E-state index in [0.29, 0.717) is 6.54 Å². The Labute approximate surface area is 110 Å². The molecule has 2 amide bonds. The van der Waals surface area contributed by atoms with Gasteiger partial charge in [-0.2, -0.15) is 5.26 Å². The van der Waals surface area contributed by atoms with E-state index in [-0.39, 0.29) is 30.3 Å². The molecule has 0 spiro atoms. The maximum Gasteiger partial charge on any atom is 0.274 e. The number of likely N-dealkylation sites (N-methyl/N-ethyl adjacent to an activating group) is 1. The number of aromatic hydroxyl groups is 1. The van der Waals surface area contributed by atoms with Crippen LogP contribution in [-0.4, -0.2) is 46.9 Å². The van der Waals surface area contributed by atoms with Gasteiger partial charge in [-0.15, -0.1) is 0 Å². The molecular formula is C12H14N4O3. The van der Waals surface area contributed by atoms with Gasteiger partial charge in [0.1, 0.15) is 5.75 Å². The highest BCUT2D eigenvalue weighted by Crippen LogP contribution is 2.11. The first-order valence-electron chi connectivity index (χ1n) is 5.59. The Hall–Kier alpha value is -2.62. The maximum absolute atomic E-state index is 11.6. The molecule has 1 heterocycles. The molecule has 0 aliphatic heterocycles.